The SMILES string of the molecule is CCNC(=NCc1ccsc1)NCC1CCN(Cc2csc(C)n2)CC1. The van der Waals surface area contributed by atoms with Gasteiger partial charge in [-0.2, -0.15) is 11.3 Å². The number of guanidine groups is 1. The van der Waals surface area contributed by atoms with E-state index in [4.69, 9.17) is 4.99 Å². The Morgan fingerprint density at radius 1 is 1.31 bits per heavy atom. The first-order chi connectivity index (χ1) is 12.7. The zero-order chi connectivity index (χ0) is 18.2. The molecule has 2 aromatic heterocycles. The third-order valence-electron chi connectivity index (χ3n) is 4.66. The number of aryl methyl sites for hydroxylation is 1. The van der Waals surface area contributed by atoms with E-state index in [0.29, 0.717) is 5.92 Å². The smallest absolute Gasteiger partial charge is 0.191 e. The molecule has 142 valence electrons. The van der Waals surface area contributed by atoms with E-state index in [0.717, 1.165) is 50.2 Å². The lowest BCUT2D eigenvalue weighted by molar-refractivity contribution is 0.176. The lowest BCUT2D eigenvalue weighted by atomic mass is 9.97. The zero-order valence-electron chi connectivity index (χ0n) is 15.7. The minimum atomic E-state index is 0.716. The summed E-state index contributed by atoms with van der Waals surface area (Å²) in [7, 11) is 0. The summed E-state index contributed by atoms with van der Waals surface area (Å²) in [5.74, 6) is 1.65. The van der Waals surface area contributed by atoms with Gasteiger partial charge in [0.25, 0.3) is 0 Å². The molecule has 1 aliphatic rings. The van der Waals surface area contributed by atoms with Crippen LogP contribution in [-0.2, 0) is 13.1 Å². The van der Waals surface area contributed by atoms with Crippen LogP contribution < -0.4 is 10.6 Å². The van der Waals surface area contributed by atoms with Gasteiger partial charge in [-0.25, -0.2) is 9.98 Å². The Kier molecular flexibility index (Phi) is 7.46. The summed E-state index contributed by atoms with van der Waals surface area (Å²) in [5.41, 5.74) is 2.50. The van der Waals surface area contributed by atoms with Gasteiger partial charge in [0, 0.05) is 25.0 Å². The Hall–Kier alpha value is -1.44. The first kappa shape index (κ1) is 19.3. The molecule has 2 aromatic rings. The first-order valence-electron chi connectivity index (χ1n) is 9.39. The number of nitrogens with zero attached hydrogens (tertiary/aromatic N) is 3. The Labute approximate surface area is 164 Å². The molecule has 1 fully saturated rings. The van der Waals surface area contributed by atoms with Gasteiger partial charge in [0.2, 0.25) is 0 Å². The van der Waals surface area contributed by atoms with Crippen LogP contribution in [-0.4, -0.2) is 42.0 Å². The van der Waals surface area contributed by atoms with Gasteiger partial charge in [-0.1, -0.05) is 0 Å². The summed E-state index contributed by atoms with van der Waals surface area (Å²) in [6, 6.07) is 2.14. The molecule has 0 amide bonds. The molecule has 0 spiro atoms. The lowest BCUT2D eigenvalue weighted by Gasteiger charge is -2.31. The Bertz CT molecular complexity index is 672. The van der Waals surface area contributed by atoms with Crippen LogP contribution in [0.5, 0.6) is 0 Å². The van der Waals surface area contributed by atoms with E-state index >= 15 is 0 Å². The van der Waals surface area contributed by atoms with Crippen molar-refractivity contribution in [1.29, 1.82) is 0 Å². The fourth-order valence-corrected chi connectivity index (χ4v) is 4.46. The Morgan fingerprint density at radius 2 is 2.15 bits per heavy atom. The van der Waals surface area contributed by atoms with Crippen LogP contribution in [0.3, 0.4) is 0 Å². The fourth-order valence-electron chi connectivity index (χ4n) is 3.19. The van der Waals surface area contributed by atoms with Crippen molar-refractivity contribution in [2.24, 2.45) is 10.9 Å². The molecule has 0 saturated carbocycles. The second kappa shape index (κ2) is 10.0. The molecular formula is C19H29N5S2. The van der Waals surface area contributed by atoms with Gasteiger partial charge < -0.3 is 10.6 Å². The van der Waals surface area contributed by atoms with E-state index < -0.39 is 0 Å². The first-order valence-corrected chi connectivity index (χ1v) is 11.2. The molecule has 0 unspecified atom stereocenters. The van der Waals surface area contributed by atoms with E-state index in [1.54, 1.807) is 22.7 Å². The molecule has 1 saturated heterocycles. The molecule has 2 N–H and O–H groups in total. The van der Waals surface area contributed by atoms with Gasteiger partial charge in [0.05, 0.1) is 17.2 Å². The Morgan fingerprint density at radius 3 is 2.81 bits per heavy atom. The molecule has 0 radical (unpaired) electrons. The third-order valence-corrected chi connectivity index (χ3v) is 6.22. The van der Waals surface area contributed by atoms with Crippen molar-refractivity contribution < 1.29 is 0 Å². The number of aromatic nitrogens is 1. The van der Waals surface area contributed by atoms with Gasteiger partial charge in [-0.05, 0) is 68.1 Å². The monoisotopic (exact) mass is 391 g/mol. The van der Waals surface area contributed by atoms with Crippen LogP contribution in [0.4, 0.5) is 0 Å². The van der Waals surface area contributed by atoms with E-state index in [1.807, 2.05) is 0 Å². The molecule has 0 atom stereocenters. The number of hydrogen-bond donors (Lipinski definition) is 2. The summed E-state index contributed by atoms with van der Waals surface area (Å²) < 4.78 is 0. The molecule has 0 aliphatic carbocycles. The van der Waals surface area contributed by atoms with Crippen LogP contribution in [0.2, 0.25) is 0 Å². The highest BCUT2D eigenvalue weighted by Gasteiger charge is 2.20. The van der Waals surface area contributed by atoms with Crippen molar-refractivity contribution in [2.75, 3.05) is 26.2 Å². The lowest BCUT2D eigenvalue weighted by Crippen LogP contribution is -2.42. The molecule has 0 bridgehead atoms. The number of likely N-dealkylation sites (tertiary alicyclic amines) is 1. The number of thiazole rings is 1. The maximum atomic E-state index is 4.70. The minimum Gasteiger partial charge on any atom is -0.357 e. The molecule has 3 rings (SSSR count). The maximum absolute atomic E-state index is 4.70. The average molecular weight is 392 g/mol. The molecule has 26 heavy (non-hydrogen) atoms. The predicted octanol–water partition coefficient (Wildman–Crippen LogP) is 3.48. The van der Waals surface area contributed by atoms with Crippen molar-refractivity contribution in [3.8, 4) is 0 Å². The number of thiophene rings is 1. The van der Waals surface area contributed by atoms with Crippen LogP contribution in [0, 0.1) is 12.8 Å². The van der Waals surface area contributed by atoms with Gasteiger partial charge >= 0.3 is 0 Å². The normalized spacial score (nSPS) is 16.8. The number of nitrogens with one attached hydrogen (secondary N) is 2. The molecule has 0 aromatic carbocycles. The van der Waals surface area contributed by atoms with Crippen molar-refractivity contribution in [3.63, 3.8) is 0 Å². The van der Waals surface area contributed by atoms with E-state index in [9.17, 15) is 0 Å². The zero-order valence-corrected chi connectivity index (χ0v) is 17.3. The highest BCUT2D eigenvalue weighted by atomic mass is 32.1. The minimum absolute atomic E-state index is 0.716. The van der Waals surface area contributed by atoms with Crippen molar-refractivity contribution in [3.05, 3.63) is 38.5 Å². The summed E-state index contributed by atoms with van der Waals surface area (Å²) in [6.45, 7) is 10.1. The molecule has 7 heteroatoms. The van der Waals surface area contributed by atoms with Crippen molar-refractivity contribution >= 4 is 28.6 Å². The molecule has 1 aliphatic heterocycles. The molecule has 3 heterocycles. The number of aliphatic imine (C=N–C) groups is 1. The topological polar surface area (TPSA) is 52.6 Å². The summed E-state index contributed by atoms with van der Waals surface area (Å²) in [6.07, 6.45) is 2.47. The highest BCUT2D eigenvalue weighted by molar-refractivity contribution is 7.09. The second-order valence-electron chi connectivity index (χ2n) is 6.79. The summed E-state index contributed by atoms with van der Waals surface area (Å²) >= 11 is 3.47. The fraction of sp³-hybridized carbons (Fsp3) is 0.579. The van der Waals surface area contributed by atoms with E-state index in [2.05, 4.69) is 56.6 Å². The van der Waals surface area contributed by atoms with Gasteiger partial charge in [0.1, 0.15) is 0 Å². The molecular weight excluding hydrogens is 362 g/mol. The second-order valence-corrected chi connectivity index (χ2v) is 8.63. The average Bonchev–Trinajstić information content (AvgIpc) is 3.30. The van der Waals surface area contributed by atoms with Gasteiger partial charge in [-0.15, -0.1) is 11.3 Å². The van der Waals surface area contributed by atoms with Crippen LogP contribution in [0.25, 0.3) is 0 Å². The summed E-state index contributed by atoms with van der Waals surface area (Å²) in [5, 5.41) is 14.5. The number of hydrogen-bond acceptors (Lipinski definition) is 5. The summed E-state index contributed by atoms with van der Waals surface area (Å²) in [4.78, 5) is 11.8. The number of rotatable bonds is 7. The van der Waals surface area contributed by atoms with Crippen LogP contribution in [0.1, 0.15) is 36.0 Å². The van der Waals surface area contributed by atoms with Gasteiger partial charge in [0.15, 0.2) is 5.96 Å². The third kappa shape index (κ3) is 6.07. The van der Waals surface area contributed by atoms with Crippen molar-refractivity contribution in [2.45, 2.75) is 39.8 Å². The highest BCUT2D eigenvalue weighted by Crippen LogP contribution is 2.19. The van der Waals surface area contributed by atoms with Gasteiger partial charge in [-0.3, -0.25) is 4.90 Å². The van der Waals surface area contributed by atoms with Crippen molar-refractivity contribution in [1.82, 2.24) is 20.5 Å². The van der Waals surface area contributed by atoms with E-state index in [-0.39, 0.29) is 0 Å². The van der Waals surface area contributed by atoms with Crippen LogP contribution >= 0.6 is 22.7 Å². The quantitative estimate of drug-likeness (QED) is 0.560. The largest absolute Gasteiger partial charge is 0.357 e. The standard InChI is InChI=1S/C19H29N5S2/c1-3-20-19(22-11-17-6-9-25-13-17)21-10-16-4-7-24(8-5-16)12-18-14-26-15(2)23-18/h6,9,13-14,16H,3-5,7-8,10-12H2,1-2H3,(H2,20,21,22). The van der Waals surface area contributed by atoms with E-state index in [1.165, 1.54) is 24.1 Å². The maximum Gasteiger partial charge on any atom is 0.191 e. The molecule has 5 nitrogen and oxygen atoms in total. The van der Waals surface area contributed by atoms with Crippen LogP contribution in [0.15, 0.2) is 27.2 Å². The number of piperidine rings is 1. The Balaban J connectivity index is 1.40. The predicted molar refractivity (Wildman–Crippen MR) is 112 cm³/mol.